The first-order valence-electron chi connectivity index (χ1n) is 5.23. The number of anilines is 1. The van der Waals surface area contributed by atoms with E-state index in [-0.39, 0.29) is 29.5 Å². The molecular weight excluding hydrogens is 225 g/mol. The van der Waals surface area contributed by atoms with E-state index in [1.165, 1.54) is 0 Å². The lowest BCUT2D eigenvalue weighted by Gasteiger charge is -2.08. The highest BCUT2D eigenvalue weighted by Crippen LogP contribution is 2.17. The number of carbonyl (C=O) groups is 2. The summed E-state index contributed by atoms with van der Waals surface area (Å²) in [7, 11) is 0. The van der Waals surface area contributed by atoms with Gasteiger partial charge in [0.15, 0.2) is 0 Å². The van der Waals surface area contributed by atoms with Crippen molar-refractivity contribution in [3.05, 3.63) is 29.6 Å². The van der Waals surface area contributed by atoms with Crippen molar-refractivity contribution in [2.45, 2.75) is 20.3 Å². The van der Waals surface area contributed by atoms with Crippen molar-refractivity contribution in [2.75, 3.05) is 5.32 Å². The number of carboxylic acids is 1. The van der Waals surface area contributed by atoms with Crippen LogP contribution >= 0.6 is 0 Å². The summed E-state index contributed by atoms with van der Waals surface area (Å²) >= 11 is 0. The quantitative estimate of drug-likeness (QED) is 0.848. The van der Waals surface area contributed by atoms with Crippen LogP contribution in [0.2, 0.25) is 0 Å². The molecule has 2 N–H and O–H groups in total. The third-order valence-electron chi connectivity index (χ3n) is 2.08. The molecule has 5 heteroatoms. The van der Waals surface area contributed by atoms with Gasteiger partial charge in [-0.15, -0.1) is 0 Å². The molecule has 1 aromatic carbocycles. The van der Waals surface area contributed by atoms with Gasteiger partial charge < -0.3 is 10.4 Å². The molecule has 0 spiro atoms. The molecule has 1 aromatic rings. The van der Waals surface area contributed by atoms with E-state index in [1.54, 1.807) is 0 Å². The summed E-state index contributed by atoms with van der Waals surface area (Å²) < 4.78 is 13.3. The number of carboxylic acid groups (broad SMARTS) is 1. The number of hydrogen-bond donors (Lipinski definition) is 2. The van der Waals surface area contributed by atoms with Gasteiger partial charge in [0.25, 0.3) is 0 Å². The minimum Gasteiger partial charge on any atom is -0.478 e. The van der Waals surface area contributed by atoms with Gasteiger partial charge >= 0.3 is 5.97 Å². The van der Waals surface area contributed by atoms with Crippen LogP contribution in [0, 0.1) is 11.7 Å². The summed E-state index contributed by atoms with van der Waals surface area (Å²) in [6.45, 7) is 3.73. The Morgan fingerprint density at radius 1 is 1.41 bits per heavy atom. The number of hydrogen-bond acceptors (Lipinski definition) is 2. The molecule has 0 saturated carbocycles. The van der Waals surface area contributed by atoms with Gasteiger partial charge in [0.1, 0.15) is 5.82 Å². The summed E-state index contributed by atoms with van der Waals surface area (Å²) in [4.78, 5) is 22.1. The van der Waals surface area contributed by atoms with Crippen molar-refractivity contribution < 1.29 is 19.1 Å². The molecule has 17 heavy (non-hydrogen) atoms. The second kappa shape index (κ2) is 5.43. The van der Waals surface area contributed by atoms with Crippen LogP contribution in [0.3, 0.4) is 0 Å². The average Bonchev–Trinajstić information content (AvgIpc) is 2.19. The fourth-order valence-electron chi connectivity index (χ4n) is 1.33. The molecule has 92 valence electrons. The first-order chi connectivity index (χ1) is 7.90. The Balaban J connectivity index is 2.86. The van der Waals surface area contributed by atoms with E-state index in [4.69, 9.17) is 5.11 Å². The first kappa shape index (κ1) is 13.2. The number of aromatic carboxylic acids is 1. The fraction of sp³-hybridized carbons (Fsp3) is 0.333. The van der Waals surface area contributed by atoms with Crippen LogP contribution < -0.4 is 5.32 Å². The van der Waals surface area contributed by atoms with Gasteiger partial charge in [-0.3, -0.25) is 4.79 Å². The maximum atomic E-state index is 13.3. The first-order valence-corrected chi connectivity index (χ1v) is 5.23. The van der Waals surface area contributed by atoms with Crippen LogP contribution in [-0.4, -0.2) is 17.0 Å². The molecule has 0 bridgehead atoms. The van der Waals surface area contributed by atoms with Gasteiger partial charge in [-0.25, -0.2) is 9.18 Å². The molecule has 0 aliphatic heterocycles. The number of benzene rings is 1. The zero-order valence-corrected chi connectivity index (χ0v) is 9.66. The Kier molecular flexibility index (Phi) is 4.20. The van der Waals surface area contributed by atoms with Gasteiger partial charge in [-0.05, 0) is 24.1 Å². The highest BCUT2D eigenvalue weighted by atomic mass is 19.1. The maximum absolute atomic E-state index is 13.3. The molecule has 0 atom stereocenters. The molecular formula is C12H14FNO3. The summed E-state index contributed by atoms with van der Waals surface area (Å²) in [5.41, 5.74) is -0.165. The standard InChI is InChI=1S/C12H14FNO3/c1-7(2)5-11(15)14-10-6-8(12(16)17)3-4-9(10)13/h3-4,6-7H,5H2,1-2H3,(H,14,15)(H,16,17). The van der Waals surface area contributed by atoms with Crippen LogP contribution in [0.1, 0.15) is 30.6 Å². The molecule has 1 rings (SSSR count). The highest BCUT2D eigenvalue weighted by Gasteiger charge is 2.11. The molecule has 0 heterocycles. The van der Waals surface area contributed by atoms with Gasteiger partial charge in [-0.1, -0.05) is 13.8 Å². The van der Waals surface area contributed by atoms with E-state index < -0.39 is 11.8 Å². The summed E-state index contributed by atoms with van der Waals surface area (Å²) in [5, 5.41) is 11.1. The predicted molar refractivity (Wildman–Crippen MR) is 61.4 cm³/mol. The number of rotatable bonds is 4. The number of halogens is 1. The molecule has 0 unspecified atom stereocenters. The Labute approximate surface area is 98.5 Å². The Bertz CT molecular complexity index is 443. The van der Waals surface area contributed by atoms with Gasteiger partial charge in [0.2, 0.25) is 5.91 Å². The van der Waals surface area contributed by atoms with E-state index in [1.807, 2.05) is 13.8 Å². The highest BCUT2D eigenvalue weighted by molar-refractivity contribution is 5.94. The SMILES string of the molecule is CC(C)CC(=O)Nc1cc(C(=O)O)ccc1F. The molecule has 0 fully saturated rings. The van der Waals surface area contributed by atoms with E-state index >= 15 is 0 Å². The number of nitrogens with one attached hydrogen (secondary N) is 1. The monoisotopic (exact) mass is 239 g/mol. The third kappa shape index (κ3) is 3.86. The second-order valence-corrected chi connectivity index (χ2v) is 4.15. The summed E-state index contributed by atoms with van der Waals surface area (Å²) in [6.07, 6.45) is 0.261. The van der Waals surface area contributed by atoms with E-state index in [9.17, 15) is 14.0 Å². The van der Waals surface area contributed by atoms with Crippen molar-refractivity contribution in [3.8, 4) is 0 Å². The van der Waals surface area contributed by atoms with Crippen LogP contribution in [0.5, 0.6) is 0 Å². The minimum absolute atomic E-state index is 0.0637. The van der Waals surface area contributed by atoms with Crippen molar-refractivity contribution in [2.24, 2.45) is 5.92 Å². The fourth-order valence-corrected chi connectivity index (χ4v) is 1.33. The van der Waals surface area contributed by atoms with Crippen molar-refractivity contribution in [1.82, 2.24) is 0 Å². The number of carbonyl (C=O) groups excluding carboxylic acids is 1. The third-order valence-corrected chi connectivity index (χ3v) is 2.08. The molecule has 0 aliphatic carbocycles. The lowest BCUT2D eigenvalue weighted by Crippen LogP contribution is -2.15. The molecule has 0 aliphatic rings. The topological polar surface area (TPSA) is 66.4 Å². The zero-order chi connectivity index (χ0) is 13.0. The van der Waals surface area contributed by atoms with E-state index in [0.717, 1.165) is 18.2 Å². The smallest absolute Gasteiger partial charge is 0.335 e. The molecule has 0 aromatic heterocycles. The molecule has 0 radical (unpaired) electrons. The maximum Gasteiger partial charge on any atom is 0.335 e. The van der Waals surface area contributed by atoms with Gasteiger partial charge in [0.05, 0.1) is 11.3 Å². The molecule has 4 nitrogen and oxygen atoms in total. The lowest BCUT2D eigenvalue weighted by atomic mass is 10.1. The zero-order valence-electron chi connectivity index (χ0n) is 9.66. The van der Waals surface area contributed by atoms with Gasteiger partial charge in [0, 0.05) is 6.42 Å². The Morgan fingerprint density at radius 3 is 2.59 bits per heavy atom. The largest absolute Gasteiger partial charge is 0.478 e. The molecule has 0 saturated heterocycles. The molecule has 1 amide bonds. The van der Waals surface area contributed by atoms with Crippen LogP contribution in [-0.2, 0) is 4.79 Å². The average molecular weight is 239 g/mol. The van der Waals surface area contributed by atoms with Crippen LogP contribution in [0.15, 0.2) is 18.2 Å². The van der Waals surface area contributed by atoms with Gasteiger partial charge in [-0.2, -0.15) is 0 Å². The Hall–Kier alpha value is -1.91. The number of amides is 1. The van der Waals surface area contributed by atoms with E-state index in [2.05, 4.69) is 5.32 Å². The van der Waals surface area contributed by atoms with Crippen molar-refractivity contribution >= 4 is 17.6 Å². The normalized spacial score (nSPS) is 10.4. The van der Waals surface area contributed by atoms with Crippen molar-refractivity contribution in [1.29, 1.82) is 0 Å². The Morgan fingerprint density at radius 2 is 2.06 bits per heavy atom. The summed E-state index contributed by atoms with van der Waals surface area (Å²) in [5.74, 6) is -1.99. The van der Waals surface area contributed by atoms with Crippen LogP contribution in [0.25, 0.3) is 0 Å². The lowest BCUT2D eigenvalue weighted by molar-refractivity contribution is -0.116. The van der Waals surface area contributed by atoms with Crippen molar-refractivity contribution in [3.63, 3.8) is 0 Å². The predicted octanol–water partition coefficient (Wildman–Crippen LogP) is 2.51. The summed E-state index contributed by atoms with van der Waals surface area (Å²) in [6, 6.07) is 3.28. The van der Waals surface area contributed by atoms with E-state index in [0.29, 0.717) is 0 Å². The second-order valence-electron chi connectivity index (χ2n) is 4.15. The minimum atomic E-state index is -1.16. The van der Waals surface area contributed by atoms with Crippen LogP contribution in [0.4, 0.5) is 10.1 Å².